The molecule has 188 valence electrons. The number of nitrogens with one attached hydrogen (secondary N) is 1. The minimum atomic E-state index is -4.11. The third kappa shape index (κ3) is 5.24. The third-order valence-corrected chi connectivity index (χ3v) is 8.76. The molecular formula is C24H24N4O6S2. The average Bonchev–Trinajstić information content (AvgIpc) is 3.31. The molecule has 0 amide bonds. The van der Waals surface area contributed by atoms with Crippen LogP contribution < -0.4 is 4.72 Å². The number of hydrogen-bond acceptors (Lipinski definition) is 7. The molecular weight excluding hydrogens is 504 g/mol. The van der Waals surface area contributed by atoms with Crippen LogP contribution in [0.1, 0.15) is 36.1 Å². The van der Waals surface area contributed by atoms with Crippen molar-refractivity contribution in [1.82, 2.24) is 4.41 Å². The molecule has 4 rings (SSSR count). The van der Waals surface area contributed by atoms with Gasteiger partial charge in [0, 0.05) is 24.2 Å². The molecule has 0 spiro atoms. The van der Waals surface area contributed by atoms with Gasteiger partial charge in [-0.25, -0.2) is 8.42 Å². The highest BCUT2D eigenvalue weighted by Gasteiger charge is 2.38. The fourth-order valence-electron chi connectivity index (χ4n) is 3.81. The van der Waals surface area contributed by atoms with Gasteiger partial charge in [-0.2, -0.15) is 17.9 Å². The molecule has 12 heteroatoms. The lowest BCUT2D eigenvalue weighted by atomic mass is 9.98. The van der Waals surface area contributed by atoms with Crippen LogP contribution in [-0.4, -0.2) is 37.6 Å². The van der Waals surface area contributed by atoms with Gasteiger partial charge in [0.15, 0.2) is 0 Å². The predicted molar refractivity (Wildman–Crippen MR) is 137 cm³/mol. The summed E-state index contributed by atoms with van der Waals surface area (Å²) in [5, 5.41) is 15.8. The van der Waals surface area contributed by atoms with Crippen molar-refractivity contribution in [2.24, 2.45) is 5.10 Å². The summed E-state index contributed by atoms with van der Waals surface area (Å²) in [4.78, 5) is 10.9. The molecule has 0 aromatic heterocycles. The lowest BCUT2D eigenvalue weighted by molar-refractivity contribution is -0.384. The molecule has 3 aromatic rings. The van der Waals surface area contributed by atoms with Crippen molar-refractivity contribution in [2.45, 2.75) is 31.2 Å². The van der Waals surface area contributed by atoms with E-state index in [2.05, 4.69) is 9.82 Å². The molecule has 1 heterocycles. The number of nitrogens with zero attached hydrogens (tertiary/aromatic N) is 3. The molecule has 1 atom stereocenters. The molecule has 3 aromatic carbocycles. The van der Waals surface area contributed by atoms with E-state index in [-0.39, 0.29) is 22.8 Å². The molecule has 0 unspecified atom stereocenters. The summed E-state index contributed by atoms with van der Waals surface area (Å²) in [5.74, 6) is -0.102. The molecule has 1 aliphatic rings. The summed E-state index contributed by atoms with van der Waals surface area (Å²) in [6.45, 7) is 3.36. The predicted octanol–water partition coefficient (Wildman–Crippen LogP) is 4.20. The van der Waals surface area contributed by atoms with E-state index in [0.717, 1.165) is 9.98 Å². The summed E-state index contributed by atoms with van der Waals surface area (Å²) in [5.41, 5.74) is 2.40. The summed E-state index contributed by atoms with van der Waals surface area (Å²) in [7, 11) is -7.62. The largest absolute Gasteiger partial charge is 0.284 e. The van der Waals surface area contributed by atoms with E-state index in [0.29, 0.717) is 22.5 Å². The number of hydrogen-bond donors (Lipinski definition) is 1. The molecule has 1 N–H and O–H groups in total. The van der Waals surface area contributed by atoms with E-state index in [4.69, 9.17) is 0 Å². The smallest absolute Gasteiger partial charge is 0.279 e. The van der Waals surface area contributed by atoms with Crippen molar-refractivity contribution in [2.75, 3.05) is 10.5 Å². The van der Waals surface area contributed by atoms with Crippen LogP contribution in [0.5, 0.6) is 0 Å². The van der Waals surface area contributed by atoms with Gasteiger partial charge in [-0.3, -0.25) is 14.8 Å². The highest BCUT2D eigenvalue weighted by atomic mass is 32.2. The van der Waals surface area contributed by atoms with Gasteiger partial charge in [0.25, 0.3) is 15.7 Å². The van der Waals surface area contributed by atoms with E-state index in [1.807, 2.05) is 6.92 Å². The van der Waals surface area contributed by atoms with Gasteiger partial charge in [-0.15, -0.1) is 0 Å². The van der Waals surface area contributed by atoms with Gasteiger partial charge in [0.1, 0.15) is 0 Å². The first kappa shape index (κ1) is 25.3. The fourth-order valence-corrected chi connectivity index (χ4v) is 5.87. The number of anilines is 1. The second kappa shape index (κ2) is 9.70. The van der Waals surface area contributed by atoms with Crippen LogP contribution in [-0.2, 0) is 20.0 Å². The molecule has 0 bridgehead atoms. The standard InChI is InChI=1S/C24H24N4O6S2/c1-3-35(31,32)26-20-8-4-6-18(14-20)23-16-24(19-7-5-9-21(15-19)28(29)30)27(25-23)36(33,34)22-12-10-17(2)11-13-22/h4-15,24,26H,3,16H2,1-2H3/t24-/m0/s1. The zero-order chi connectivity index (χ0) is 26.1. The molecule has 0 saturated heterocycles. The number of hydrazone groups is 1. The van der Waals surface area contributed by atoms with E-state index >= 15 is 0 Å². The maximum absolute atomic E-state index is 13.6. The topological polar surface area (TPSA) is 139 Å². The van der Waals surface area contributed by atoms with Crippen LogP contribution in [0.2, 0.25) is 0 Å². The number of benzene rings is 3. The Balaban J connectivity index is 1.79. The Morgan fingerprint density at radius 2 is 1.72 bits per heavy atom. The van der Waals surface area contributed by atoms with Crippen molar-refractivity contribution in [3.8, 4) is 0 Å². The number of nitro benzene ring substituents is 1. The summed E-state index contributed by atoms with van der Waals surface area (Å²) in [6, 6.07) is 17.8. The molecule has 1 aliphatic heterocycles. The zero-order valence-electron chi connectivity index (χ0n) is 19.5. The second-order valence-electron chi connectivity index (χ2n) is 8.30. The quantitative estimate of drug-likeness (QED) is 0.343. The molecule has 0 fully saturated rings. The lowest BCUT2D eigenvalue weighted by Crippen LogP contribution is -2.27. The van der Waals surface area contributed by atoms with Gasteiger partial charge in [-0.1, -0.05) is 42.0 Å². The Bertz CT molecular complexity index is 1550. The monoisotopic (exact) mass is 528 g/mol. The van der Waals surface area contributed by atoms with E-state index < -0.39 is 31.0 Å². The van der Waals surface area contributed by atoms with Gasteiger partial charge >= 0.3 is 0 Å². The van der Waals surface area contributed by atoms with E-state index in [1.54, 1.807) is 42.5 Å². The molecule has 0 radical (unpaired) electrons. The lowest BCUT2D eigenvalue weighted by Gasteiger charge is -2.23. The highest BCUT2D eigenvalue weighted by Crippen LogP contribution is 2.38. The zero-order valence-corrected chi connectivity index (χ0v) is 21.2. The average molecular weight is 529 g/mol. The van der Waals surface area contributed by atoms with Crippen LogP contribution >= 0.6 is 0 Å². The number of rotatable bonds is 8. The van der Waals surface area contributed by atoms with Crippen LogP contribution in [0.4, 0.5) is 11.4 Å². The molecule has 0 saturated carbocycles. The van der Waals surface area contributed by atoms with Gasteiger partial charge < -0.3 is 0 Å². The number of nitro groups is 1. The third-order valence-electron chi connectivity index (χ3n) is 5.75. The van der Waals surface area contributed by atoms with Crippen LogP contribution in [0.3, 0.4) is 0 Å². The Hall–Kier alpha value is -3.77. The molecule has 0 aliphatic carbocycles. The van der Waals surface area contributed by atoms with Crippen LogP contribution in [0.15, 0.2) is 82.8 Å². The Morgan fingerprint density at radius 1 is 1.03 bits per heavy atom. The first-order valence-corrected chi connectivity index (χ1v) is 14.1. The van der Waals surface area contributed by atoms with Crippen molar-refractivity contribution < 1.29 is 21.8 Å². The SMILES string of the molecule is CCS(=O)(=O)Nc1cccc(C2=NN(S(=O)(=O)c3ccc(C)cc3)[C@H](c3cccc([N+](=O)[O-])c3)C2)c1. The number of sulfonamides is 2. The summed E-state index contributed by atoms with van der Waals surface area (Å²) in [6.07, 6.45) is 0.135. The first-order chi connectivity index (χ1) is 17.0. The maximum Gasteiger partial charge on any atom is 0.279 e. The highest BCUT2D eigenvalue weighted by molar-refractivity contribution is 7.92. The van der Waals surface area contributed by atoms with Crippen molar-refractivity contribution in [3.05, 3.63) is 99.6 Å². The Labute approximate surface area is 209 Å². The van der Waals surface area contributed by atoms with Gasteiger partial charge in [-0.05, 0) is 49.2 Å². The summed E-state index contributed by atoms with van der Waals surface area (Å²) < 4.78 is 54.7. The number of non-ortho nitro benzene ring substituents is 1. The van der Waals surface area contributed by atoms with E-state index in [9.17, 15) is 26.9 Å². The van der Waals surface area contributed by atoms with Gasteiger partial charge in [0.2, 0.25) is 10.0 Å². The molecule has 10 nitrogen and oxygen atoms in total. The first-order valence-electron chi connectivity index (χ1n) is 11.0. The van der Waals surface area contributed by atoms with Gasteiger partial charge in [0.05, 0.1) is 27.3 Å². The minimum Gasteiger partial charge on any atom is -0.284 e. The van der Waals surface area contributed by atoms with Crippen molar-refractivity contribution in [3.63, 3.8) is 0 Å². The Kier molecular flexibility index (Phi) is 6.83. The van der Waals surface area contributed by atoms with Crippen LogP contribution in [0.25, 0.3) is 0 Å². The van der Waals surface area contributed by atoms with Crippen molar-refractivity contribution >= 4 is 37.1 Å². The summed E-state index contributed by atoms with van der Waals surface area (Å²) >= 11 is 0. The van der Waals surface area contributed by atoms with Crippen LogP contribution in [0, 0.1) is 17.0 Å². The number of aryl methyl sites for hydroxylation is 1. The maximum atomic E-state index is 13.6. The fraction of sp³-hybridized carbons (Fsp3) is 0.208. The second-order valence-corrected chi connectivity index (χ2v) is 12.1. The Morgan fingerprint density at radius 3 is 2.39 bits per heavy atom. The van der Waals surface area contributed by atoms with E-state index in [1.165, 1.54) is 37.3 Å². The normalized spacial score (nSPS) is 16.0. The molecule has 36 heavy (non-hydrogen) atoms. The van der Waals surface area contributed by atoms with Crippen molar-refractivity contribution in [1.29, 1.82) is 0 Å². The minimum absolute atomic E-state index is 0.0398.